The third-order valence-corrected chi connectivity index (χ3v) is 5.25. The Kier molecular flexibility index (Phi) is 2.40. The van der Waals surface area contributed by atoms with Crippen LogP contribution in [0.4, 0.5) is 0 Å². The predicted molar refractivity (Wildman–Crippen MR) is 73.8 cm³/mol. The highest BCUT2D eigenvalue weighted by Gasteiger charge is 2.46. The van der Waals surface area contributed by atoms with Crippen LogP contribution in [0.3, 0.4) is 0 Å². The van der Waals surface area contributed by atoms with E-state index in [1.807, 2.05) is 0 Å². The molecule has 0 aromatic rings. The van der Waals surface area contributed by atoms with E-state index < -0.39 is 0 Å². The predicted octanol–water partition coefficient (Wildman–Crippen LogP) is 5.04. The molecule has 0 radical (unpaired) electrons. The smallest absolute Gasteiger partial charge is 0.0137 e. The first-order valence-electron chi connectivity index (χ1n) is 7.13. The van der Waals surface area contributed by atoms with Crippen molar-refractivity contribution in [2.75, 3.05) is 0 Å². The number of allylic oxidation sites excluding steroid dienone is 6. The molecule has 92 valence electrons. The average Bonchev–Trinajstić information content (AvgIpc) is 2.28. The van der Waals surface area contributed by atoms with E-state index >= 15 is 0 Å². The SMILES string of the molecule is CC1(C)CC=C[C@@]2(C)C1=CC=C1CCCC[C@@H]12. The molecule has 0 aromatic heterocycles. The van der Waals surface area contributed by atoms with E-state index in [9.17, 15) is 0 Å². The van der Waals surface area contributed by atoms with Crippen LogP contribution < -0.4 is 0 Å². The largest absolute Gasteiger partial charge is 0.0868 e. The van der Waals surface area contributed by atoms with Gasteiger partial charge in [-0.2, -0.15) is 0 Å². The Hall–Kier alpha value is -0.780. The fourth-order valence-corrected chi connectivity index (χ4v) is 4.35. The number of hydrogen-bond donors (Lipinski definition) is 0. The first kappa shape index (κ1) is 11.3. The van der Waals surface area contributed by atoms with Gasteiger partial charge in [-0.05, 0) is 37.0 Å². The van der Waals surface area contributed by atoms with E-state index in [1.165, 1.54) is 32.1 Å². The highest BCUT2D eigenvalue weighted by molar-refractivity contribution is 5.42. The summed E-state index contributed by atoms with van der Waals surface area (Å²) < 4.78 is 0. The quantitative estimate of drug-likeness (QED) is 0.510. The van der Waals surface area contributed by atoms with Crippen molar-refractivity contribution in [1.29, 1.82) is 0 Å². The summed E-state index contributed by atoms with van der Waals surface area (Å²) in [6.07, 6.45) is 16.6. The number of fused-ring (bicyclic) bond motifs is 3. The van der Waals surface area contributed by atoms with Gasteiger partial charge >= 0.3 is 0 Å². The summed E-state index contributed by atoms with van der Waals surface area (Å²) in [5.74, 6) is 0.784. The Morgan fingerprint density at radius 2 is 1.94 bits per heavy atom. The Labute approximate surface area is 105 Å². The normalized spacial score (nSPS) is 38.9. The molecule has 0 N–H and O–H groups in total. The van der Waals surface area contributed by atoms with Crippen molar-refractivity contribution in [1.82, 2.24) is 0 Å². The summed E-state index contributed by atoms with van der Waals surface area (Å²) in [5, 5.41) is 0. The molecule has 0 nitrogen and oxygen atoms in total. The Balaban J connectivity index is 2.11. The molecule has 3 aliphatic rings. The minimum absolute atomic E-state index is 0.312. The van der Waals surface area contributed by atoms with E-state index in [0.717, 1.165) is 5.92 Å². The zero-order valence-electron chi connectivity index (χ0n) is 11.4. The second-order valence-corrected chi connectivity index (χ2v) is 6.89. The third-order valence-electron chi connectivity index (χ3n) is 5.25. The van der Waals surface area contributed by atoms with Crippen LogP contribution in [0.15, 0.2) is 35.5 Å². The molecule has 3 rings (SSSR count). The van der Waals surface area contributed by atoms with Crippen LogP contribution in [-0.2, 0) is 0 Å². The standard InChI is InChI=1S/C17H24/c1-16(2)11-6-12-17(3)14-8-5-4-7-13(14)9-10-15(16)17/h6,9-10,12,14H,4-5,7-8,11H2,1-3H3/t14-,17+/m0/s1. The molecule has 0 unspecified atom stereocenters. The molecule has 0 spiro atoms. The molecule has 0 bridgehead atoms. The molecule has 0 aromatic carbocycles. The highest BCUT2D eigenvalue weighted by atomic mass is 14.5. The summed E-state index contributed by atoms with van der Waals surface area (Å²) in [6, 6.07) is 0. The molecule has 0 heterocycles. The van der Waals surface area contributed by atoms with E-state index in [-0.39, 0.29) is 0 Å². The molecule has 2 atom stereocenters. The van der Waals surface area contributed by atoms with Crippen molar-refractivity contribution < 1.29 is 0 Å². The lowest BCUT2D eigenvalue weighted by Crippen LogP contribution is -2.40. The molecule has 17 heavy (non-hydrogen) atoms. The van der Waals surface area contributed by atoms with Crippen molar-refractivity contribution >= 4 is 0 Å². The van der Waals surface area contributed by atoms with Gasteiger partial charge in [0.15, 0.2) is 0 Å². The van der Waals surface area contributed by atoms with Crippen molar-refractivity contribution in [3.8, 4) is 0 Å². The van der Waals surface area contributed by atoms with E-state index in [1.54, 1.807) is 11.1 Å². The second-order valence-electron chi connectivity index (χ2n) is 6.89. The second kappa shape index (κ2) is 3.60. The summed E-state index contributed by atoms with van der Waals surface area (Å²) in [7, 11) is 0. The molecular formula is C17H24. The molecule has 0 aliphatic heterocycles. The first-order valence-corrected chi connectivity index (χ1v) is 7.13. The minimum atomic E-state index is 0.312. The molecule has 0 saturated heterocycles. The maximum atomic E-state index is 2.51. The summed E-state index contributed by atoms with van der Waals surface area (Å²) in [4.78, 5) is 0. The van der Waals surface area contributed by atoms with Gasteiger partial charge in [-0.15, -0.1) is 0 Å². The molecule has 1 fully saturated rings. The van der Waals surface area contributed by atoms with Crippen LogP contribution in [0.25, 0.3) is 0 Å². The zero-order chi connectivity index (χ0) is 12.1. The summed E-state index contributed by atoms with van der Waals surface area (Å²) in [5.41, 5.74) is 4.04. The Morgan fingerprint density at radius 3 is 2.76 bits per heavy atom. The lowest BCUT2D eigenvalue weighted by Gasteiger charge is -2.50. The maximum absolute atomic E-state index is 2.51. The Bertz CT molecular complexity index is 419. The van der Waals surface area contributed by atoms with Gasteiger partial charge in [-0.3, -0.25) is 0 Å². The van der Waals surface area contributed by atoms with Crippen LogP contribution in [0.1, 0.15) is 52.9 Å². The zero-order valence-corrected chi connectivity index (χ0v) is 11.4. The van der Waals surface area contributed by atoms with Gasteiger partial charge in [0.1, 0.15) is 0 Å². The van der Waals surface area contributed by atoms with Crippen molar-refractivity contribution in [3.05, 3.63) is 35.5 Å². The van der Waals surface area contributed by atoms with E-state index in [4.69, 9.17) is 0 Å². The first-order chi connectivity index (χ1) is 8.04. The summed E-state index contributed by atoms with van der Waals surface area (Å²) in [6.45, 7) is 7.28. The van der Waals surface area contributed by atoms with Crippen LogP contribution in [-0.4, -0.2) is 0 Å². The topological polar surface area (TPSA) is 0 Å². The average molecular weight is 228 g/mol. The van der Waals surface area contributed by atoms with Crippen LogP contribution in [0.2, 0.25) is 0 Å². The minimum Gasteiger partial charge on any atom is -0.0868 e. The molecule has 0 heteroatoms. The van der Waals surface area contributed by atoms with E-state index in [2.05, 4.69) is 45.1 Å². The lowest BCUT2D eigenvalue weighted by molar-refractivity contribution is 0.224. The fraction of sp³-hybridized carbons (Fsp3) is 0.647. The van der Waals surface area contributed by atoms with Gasteiger partial charge in [0.05, 0.1) is 0 Å². The third kappa shape index (κ3) is 1.57. The van der Waals surface area contributed by atoms with Crippen LogP contribution >= 0.6 is 0 Å². The van der Waals surface area contributed by atoms with Crippen LogP contribution in [0.5, 0.6) is 0 Å². The van der Waals surface area contributed by atoms with Gasteiger partial charge in [0.2, 0.25) is 0 Å². The van der Waals surface area contributed by atoms with Gasteiger partial charge in [0, 0.05) is 5.41 Å². The van der Waals surface area contributed by atoms with E-state index in [0.29, 0.717) is 10.8 Å². The van der Waals surface area contributed by atoms with Gasteiger partial charge in [-0.1, -0.05) is 62.6 Å². The monoisotopic (exact) mass is 228 g/mol. The lowest BCUT2D eigenvalue weighted by atomic mass is 9.54. The van der Waals surface area contributed by atoms with Crippen molar-refractivity contribution in [3.63, 3.8) is 0 Å². The van der Waals surface area contributed by atoms with Crippen molar-refractivity contribution in [2.24, 2.45) is 16.7 Å². The fourth-order valence-electron chi connectivity index (χ4n) is 4.35. The van der Waals surface area contributed by atoms with Gasteiger partial charge in [-0.25, -0.2) is 0 Å². The number of rotatable bonds is 0. The van der Waals surface area contributed by atoms with Crippen molar-refractivity contribution in [2.45, 2.75) is 52.9 Å². The van der Waals surface area contributed by atoms with Crippen LogP contribution in [0, 0.1) is 16.7 Å². The summed E-state index contributed by atoms with van der Waals surface area (Å²) >= 11 is 0. The number of hydrogen-bond acceptors (Lipinski definition) is 0. The molecule has 3 aliphatic carbocycles. The Morgan fingerprint density at radius 1 is 1.12 bits per heavy atom. The highest BCUT2D eigenvalue weighted by Crippen LogP contribution is 2.57. The molecule has 1 saturated carbocycles. The molecular weight excluding hydrogens is 204 g/mol. The molecule has 0 amide bonds. The maximum Gasteiger partial charge on any atom is 0.0137 e. The van der Waals surface area contributed by atoms with Gasteiger partial charge < -0.3 is 0 Å². The van der Waals surface area contributed by atoms with Gasteiger partial charge in [0.25, 0.3) is 0 Å².